The molecule has 1 aliphatic rings. The number of amides is 2. The number of carbonyl (C=O) groups excluding carboxylic acids is 2. The lowest BCUT2D eigenvalue weighted by Crippen LogP contribution is -2.28. The molecular weight excluding hydrogens is 320 g/mol. The van der Waals surface area contributed by atoms with Gasteiger partial charge in [-0.15, -0.1) is 0 Å². The second-order valence-corrected chi connectivity index (χ2v) is 5.69. The molecule has 126 valence electrons. The van der Waals surface area contributed by atoms with Crippen molar-refractivity contribution in [1.29, 1.82) is 0 Å². The average Bonchev–Trinajstić information content (AvgIpc) is 2.91. The van der Waals surface area contributed by atoms with Crippen LogP contribution < -0.4 is 10.1 Å². The number of rotatable bonds is 7. The van der Waals surface area contributed by atoms with Crippen molar-refractivity contribution in [2.24, 2.45) is 5.92 Å². The molecule has 6 nitrogen and oxygen atoms in total. The summed E-state index contributed by atoms with van der Waals surface area (Å²) >= 11 is 6.14. The maximum Gasteiger partial charge on any atom is 0.229 e. The Morgan fingerprint density at radius 2 is 2.22 bits per heavy atom. The smallest absolute Gasteiger partial charge is 0.229 e. The van der Waals surface area contributed by atoms with Gasteiger partial charge < -0.3 is 19.7 Å². The van der Waals surface area contributed by atoms with E-state index < -0.39 is 0 Å². The summed E-state index contributed by atoms with van der Waals surface area (Å²) < 4.78 is 10.5. The van der Waals surface area contributed by atoms with Gasteiger partial charge in [-0.25, -0.2) is 0 Å². The van der Waals surface area contributed by atoms with Crippen molar-refractivity contribution in [2.45, 2.75) is 13.3 Å². The predicted octanol–water partition coefficient (Wildman–Crippen LogP) is 2.17. The second-order valence-electron chi connectivity index (χ2n) is 5.28. The van der Waals surface area contributed by atoms with E-state index in [0.29, 0.717) is 42.8 Å². The van der Waals surface area contributed by atoms with E-state index in [9.17, 15) is 9.59 Å². The average molecular weight is 341 g/mol. The van der Waals surface area contributed by atoms with Crippen molar-refractivity contribution in [3.05, 3.63) is 23.2 Å². The molecular formula is C16H21ClN2O4. The fourth-order valence-electron chi connectivity index (χ4n) is 2.47. The van der Waals surface area contributed by atoms with Crippen molar-refractivity contribution >= 4 is 29.1 Å². The molecule has 2 rings (SSSR count). The molecule has 1 N–H and O–H groups in total. The Hall–Kier alpha value is -1.79. The van der Waals surface area contributed by atoms with E-state index in [-0.39, 0.29) is 24.2 Å². The van der Waals surface area contributed by atoms with Crippen molar-refractivity contribution in [1.82, 2.24) is 4.90 Å². The maximum atomic E-state index is 12.4. The van der Waals surface area contributed by atoms with E-state index in [2.05, 4.69) is 5.32 Å². The van der Waals surface area contributed by atoms with Gasteiger partial charge in [0.1, 0.15) is 6.61 Å². The van der Waals surface area contributed by atoms with Crippen LogP contribution in [0.15, 0.2) is 18.2 Å². The van der Waals surface area contributed by atoms with Crippen LogP contribution in [0.2, 0.25) is 5.02 Å². The van der Waals surface area contributed by atoms with Crippen LogP contribution in [0.3, 0.4) is 0 Å². The molecule has 1 heterocycles. The Morgan fingerprint density at radius 3 is 2.87 bits per heavy atom. The fraction of sp³-hybridized carbons (Fsp3) is 0.500. The van der Waals surface area contributed by atoms with Crippen molar-refractivity contribution < 1.29 is 19.1 Å². The molecule has 1 atom stereocenters. The Balaban J connectivity index is 2.06. The van der Waals surface area contributed by atoms with Gasteiger partial charge in [-0.1, -0.05) is 17.7 Å². The minimum absolute atomic E-state index is 0.00955. The zero-order valence-corrected chi connectivity index (χ0v) is 14.1. The van der Waals surface area contributed by atoms with Crippen LogP contribution in [0.4, 0.5) is 5.69 Å². The first kappa shape index (κ1) is 17.6. The lowest BCUT2D eigenvalue weighted by atomic mass is 10.1. The van der Waals surface area contributed by atoms with Crippen molar-refractivity contribution in [3.63, 3.8) is 0 Å². The van der Waals surface area contributed by atoms with Gasteiger partial charge in [0.05, 0.1) is 23.2 Å². The van der Waals surface area contributed by atoms with Gasteiger partial charge in [-0.3, -0.25) is 9.59 Å². The van der Waals surface area contributed by atoms with E-state index in [1.165, 1.54) is 0 Å². The van der Waals surface area contributed by atoms with E-state index in [1.807, 2.05) is 6.92 Å². The summed E-state index contributed by atoms with van der Waals surface area (Å²) in [6.45, 7) is 3.71. The summed E-state index contributed by atoms with van der Waals surface area (Å²) in [7, 11) is 1.58. The number of carbonyl (C=O) groups is 2. The molecule has 7 heteroatoms. The van der Waals surface area contributed by atoms with E-state index in [4.69, 9.17) is 21.1 Å². The normalized spacial score (nSPS) is 17.4. The molecule has 1 aromatic carbocycles. The van der Waals surface area contributed by atoms with Crippen LogP contribution in [0.1, 0.15) is 13.3 Å². The summed E-state index contributed by atoms with van der Waals surface area (Å²) in [4.78, 5) is 25.8. The number of likely N-dealkylation sites (tertiary alicyclic amines) is 1. The summed E-state index contributed by atoms with van der Waals surface area (Å²) in [6.07, 6.45) is 0.236. The van der Waals surface area contributed by atoms with Crippen LogP contribution in [-0.4, -0.2) is 50.1 Å². The zero-order chi connectivity index (χ0) is 16.8. The topological polar surface area (TPSA) is 67.9 Å². The minimum Gasteiger partial charge on any atom is -0.487 e. The number of anilines is 1. The van der Waals surface area contributed by atoms with E-state index in [1.54, 1.807) is 30.2 Å². The Labute approximate surface area is 140 Å². The molecule has 0 saturated carbocycles. The standard InChI is InChI=1S/C16H21ClN2O4/c1-3-19-10-11(9-14(19)20)16(21)18-13-6-4-5-12(17)15(13)23-8-7-22-2/h4-6,11H,3,7-10H2,1-2H3,(H,18,21). The molecule has 1 saturated heterocycles. The molecule has 23 heavy (non-hydrogen) atoms. The molecule has 0 spiro atoms. The summed E-state index contributed by atoms with van der Waals surface area (Å²) in [5, 5.41) is 3.23. The number of hydrogen-bond acceptors (Lipinski definition) is 4. The lowest BCUT2D eigenvalue weighted by Gasteiger charge is -2.16. The molecule has 1 aromatic rings. The minimum atomic E-state index is -0.353. The number of nitrogens with one attached hydrogen (secondary N) is 1. The molecule has 0 bridgehead atoms. The third-order valence-electron chi connectivity index (χ3n) is 3.73. The number of halogens is 1. The highest BCUT2D eigenvalue weighted by Gasteiger charge is 2.33. The van der Waals surface area contributed by atoms with Gasteiger partial charge in [-0.2, -0.15) is 0 Å². The molecule has 0 radical (unpaired) electrons. The summed E-state index contributed by atoms with van der Waals surface area (Å²) in [5.74, 6) is -0.132. The van der Waals surface area contributed by atoms with Crippen molar-refractivity contribution in [2.75, 3.05) is 38.7 Å². The molecule has 2 amide bonds. The number of methoxy groups -OCH3 is 1. The SMILES string of the molecule is CCN1CC(C(=O)Nc2cccc(Cl)c2OCCOC)CC1=O. The third-order valence-corrected chi connectivity index (χ3v) is 4.02. The van der Waals surface area contributed by atoms with Crippen LogP contribution in [-0.2, 0) is 14.3 Å². The van der Waals surface area contributed by atoms with E-state index in [0.717, 1.165) is 0 Å². The molecule has 0 aliphatic carbocycles. The van der Waals surface area contributed by atoms with E-state index >= 15 is 0 Å². The van der Waals surface area contributed by atoms with Gasteiger partial charge in [-0.05, 0) is 19.1 Å². The van der Waals surface area contributed by atoms with Gasteiger partial charge in [0.15, 0.2) is 5.75 Å². The lowest BCUT2D eigenvalue weighted by molar-refractivity contribution is -0.128. The molecule has 1 aliphatic heterocycles. The highest BCUT2D eigenvalue weighted by Crippen LogP contribution is 2.33. The number of nitrogens with zero attached hydrogens (tertiary/aromatic N) is 1. The first-order valence-electron chi connectivity index (χ1n) is 7.55. The Morgan fingerprint density at radius 1 is 1.43 bits per heavy atom. The zero-order valence-electron chi connectivity index (χ0n) is 13.3. The van der Waals surface area contributed by atoms with Gasteiger partial charge in [0, 0.05) is 26.6 Å². The van der Waals surface area contributed by atoms with Crippen molar-refractivity contribution in [3.8, 4) is 5.75 Å². The predicted molar refractivity (Wildman–Crippen MR) is 87.8 cm³/mol. The van der Waals surface area contributed by atoms with Crippen LogP contribution in [0.25, 0.3) is 0 Å². The molecule has 0 aromatic heterocycles. The largest absolute Gasteiger partial charge is 0.487 e. The number of para-hydroxylation sites is 1. The number of ether oxygens (including phenoxy) is 2. The summed E-state index contributed by atoms with van der Waals surface area (Å²) in [6, 6.07) is 5.15. The number of hydrogen-bond donors (Lipinski definition) is 1. The second kappa shape index (κ2) is 8.17. The van der Waals surface area contributed by atoms with Gasteiger partial charge >= 0.3 is 0 Å². The fourth-order valence-corrected chi connectivity index (χ4v) is 2.70. The quantitative estimate of drug-likeness (QED) is 0.772. The third kappa shape index (κ3) is 4.36. The highest BCUT2D eigenvalue weighted by atomic mass is 35.5. The Kier molecular flexibility index (Phi) is 6.24. The first-order chi connectivity index (χ1) is 11.1. The molecule has 1 fully saturated rings. The summed E-state index contributed by atoms with van der Waals surface area (Å²) in [5.41, 5.74) is 0.501. The highest BCUT2D eigenvalue weighted by molar-refractivity contribution is 6.32. The number of benzene rings is 1. The van der Waals surface area contributed by atoms with Crippen LogP contribution in [0, 0.1) is 5.92 Å². The van der Waals surface area contributed by atoms with Crippen LogP contribution in [0.5, 0.6) is 5.75 Å². The monoisotopic (exact) mass is 340 g/mol. The first-order valence-corrected chi connectivity index (χ1v) is 7.93. The maximum absolute atomic E-state index is 12.4. The van der Waals surface area contributed by atoms with Gasteiger partial charge in [0.2, 0.25) is 11.8 Å². The Bertz CT molecular complexity index is 579. The van der Waals surface area contributed by atoms with Crippen LogP contribution >= 0.6 is 11.6 Å². The molecule has 1 unspecified atom stereocenters. The van der Waals surface area contributed by atoms with Gasteiger partial charge in [0.25, 0.3) is 0 Å².